The van der Waals surface area contributed by atoms with Crippen LogP contribution in [0.4, 0.5) is 5.69 Å². The van der Waals surface area contributed by atoms with Gasteiger partial charge < -0.3 is 40.0 Å². The number of para-hydroxylation sites is 1. The van der Waals surface area contributed by atoms with E-state index in [2.05, 4.69) is 38.3 Å². The molecule has 64 heavy (non-hydrogen) atoms. The molecule has 9 rings (SSSR count). The number of aliphatic hydroxyl groups excluding tert-OH is 1. The summed E-state index contributed by atoms with van der Waals surface area (Å²) >= 11 is 0. The van der Waals surface area contributed by atoms with Crippen LogP contribution >= 0.6 is 0 Å². The van der Waals surface area contributed by atoms with E-state index in [1.807, 2.05) is 62.2 Å². The number of methoxy groups -OCH3 is 2. The predicted molar refractivity (Wildman–Crippen MR) is 236 cm³/mol. The third kappa shape index (κ3) is 6.76. The number of H-pyrrole nitrogens is 1. The highest BCUT2D eigenvalue weighted by molar-refractivity contribution is 7.79. The van der Waals surface area contributed by atoms with Gasteiger partial charge in [-0.05, 0) is 74.2 Å². The van der Waals surface area contributed by atoms with Crippen molar-refractivity contribution in [2.24, 2.45) is 11.3 Å². The van der Waals surface area contributed by atoms with Gasteiger partial charge in [0, 0.05) is 90.6 Å². The van der Waals surface area contributed by atoms with Crippen LogP contribution in [0.3, 0.4) is 0 Å². The van der Waals surface area contributed by atoms with Crippen LogP contribution in [0.5, 0.6) is 5.75 Å². The highest BCUT2D eigenvalue weighted by Crippen LogP contribution is 2.67. The molecule has 17 nitrogen and oxygen atoms in total. The van der Waals surface area contributed by atoms with Gasteiger partial charge in [0.25, 0.3) is 5.91 Å². The average molecular weight is 905 g/mol. The smallest absolute Gasteiger partial charge is 0.394 e. The summed E-state index contributed by atoms with van der Waals surface area (Å²) in [6.45, 7) is 7.36. The SMILES string of the molecule is CC[C@]1(O)C[C@H]2CN(CCc3c([nH]c4ccccc34)[C@@](C(=O)OC)(c3cc4c(cc3OC)N(C)[C@H]3[C@@](O)(C(=O)NCCC#N)[C@H](O)[C@]5(CC)C=CCN6CC[C@]43[C@@H]65)C2)C1.O=S(=O)(O)O. The summed E-state index contributed by atoms with van der Waals surface area (Å²) in [6.07, 6.45) is 5.76. The van der Waals surface area contributed by atoms with Crippen LogP contribution in [0.2, 0.25) is 0 Å². The highest BCUT2D eigenvalue weighted by Gasteiger charge is 2.78. The number of nitrogens with zero attached hydrogens (tertiary/aromatic N) is 4. The van der Waals surface area contributed by atoms with Crippen molar-refractivity contribution in [1.82, 2.24) is 20.1 Å². The average Bonchev–Trinajstić information content (AvgIpc) is 3.93. The zero-order chi connectivity index (χ0) is 46.2. The Hall–Kier alpha value is -4.58. The molecule has 10 atom stereocenters. The molecule has 3 aromatic rings. The fourth-order valence-corrected chi connectivity index (χ4v) is 13.4. The fraction of sp³-hybridized carbons (Fsp3) is 0.587. The van der Waals surface area contributed by atoms with E-state index in [1.54, 1.807) is 7.11 Å². The second-order valence-electron chi connectivity index (χ2n) is 18.7. The van der Waals surface area contributed by atoms with Gasteiger partial charge in [-0.25, -0.2) is 0 Å². The number of aromatic nitrogens is 1. The van der Waals surface area contributed by atoms with Gasteiger partial charge in [0.15, 0.2) is 5.60 Å². The molecule has 1 aromatic heterocycles. The lowest BCUT2D eigenvalue weighted by molar-refractivity contribution is -0.203. The van der Waals surface area contributed by atoms with Gasteiger partial charge in [-0.3, -0.25) is 28.5 Å². The molecule has 5 aliphatic heterocycles. The van der Waals surface area contributed by atoms with E-state index >= 15 is 4.79 Å². The van der Waals surface area contributed by atoms with Gasteiger partial charge in [0.05, 0.1) is 38.4 Å². The molecule has 6 heterocycles. The number of ether oxygens (including phenoxy) is 2. The highest BCUT2D eigenvalue weighted by atomic mass is 32.3. The number of aliphatic hydroxyl groups is 3. The Bertz CT molecular complexity index is 2520. The van der Waals surface area contributed by atoms with E-state index < -0.39 is 61.9 Å². The summed E-state index contributed by atoms with van der Waals surface area (Å²) in [5, 5.41) is 51.0. The lowest BCUT2D eigenvalue weighted by atomic mass is 9.47. The monoisotopic (exact) mass is 904 g/mol. The molecule has 18 heteroatoms. The van der Waals surface area contributed by atoms with Gasteiger partial charge in [-0.1, -0.05) is 44.2 Å². The third-order valence-corrected chi connectivity index (χ3v) is 15.7. The molecule has 2 bridgehead atoms. The number of benzene rings is 2. The molecule has 0 radical (unpaired) electrons. The molecular formula is C46H60N6O11S. The van der Waals surface area contributed by atoms with Crippen LogP contribution in [0.1, 0.15) is 74.8 Å². The van der Waals surface area contributed by atoms with Crippen LogP contribution in [-0.2, 0) is 42.0 Å². The molecule has 6 aliphatic rings. The van der Waals surface area contributed by atoms with Gasteiger partial charge in [0.1, 0.15) is 17.3 Å². The molecule has 2 saturated heterocycles. The van der Waals surface area contributed by atoms with Crippen molar-refractivity contribution in [2.75, 3.05) is 65.4 Å². The number of anilines is 1. The number of rotatable bonds is 8. The number of amides is 1. The first-order valence-corrected chi connectivity index (χ1v) is 23.5. The second-order valence-corrected chi connectivity index (χ2v) is 19.6. The first kappa shape index (κ1) is 46.0. The normalized spacial score (nSPS) is 35.0. The minimum atomic E-state index is -4.67. The maximum atomic E-state index is 15.3. The van der Waals surface area contributed by atoms with Crippen molar-refractivity contribution >= 4 is 38.9 Å². The van der Waals surface area contributed by atoms with Crippen molar-refractivity contribution in [2.45, 2.75) is 99.0 Å². The van der Waals surface area contributed by atoms with Gasteiger partial charge in [0.2, 0.25) is 0 Å². The Balaban J connectivity index is 0.00000106. The van der Waals surface area contributed by atoms with E-state index in [4.69, 9.17) is 27.0 Å². The number of hydrogen-bond donors (Lipinski definition) is 7. The lowest BCUT2D eigenvalue weighted by Gasteiger charge is -2.63. The van der Waals surface area contributed by atoms with Gasteiger partial charge >= 0.3 is 16.4 Å². The number of carbonyl (C=O) groups excluding carboxylic acids is 2. The molecule has 346 valence electrons. The van der Waals surface area contributed by atoms with Crippen molar-refractivity contribution < 1.29 is 51.9 Å². The second kappa shape index (κ2) is 16.4. The van der Waals surface area contributed by atoms with Crippen LogP contribution in [-0.4, -0.2) is 149 Å². The van der Waals surface area contributed by atoms with E-state index in [0.29, 0.717) is 82.6 Å². The predicted octanol–water partition coefficient (Wildman–Crippen LogP) is 2.62. The Morgan fingerprint density at radius 3 is 2.45 bits per heavy atom. The van der Waals surface area contributed by atoms with E-state index in [-0.39, 0.29) is 24.9 Å². The van der Waals surface area contributed by atoms with Crippen molar-refractivity contribution in [1.29, 1.82) is 5.26 Å². The first-order valence-electron chi connectivity index (χ1n) is 22.1. The molecule has 1 unspecified atom stereocenters. The zero-order valence-electron chi connectivity index (χ0n) is 37.0. The number of carbonyl (C=O) groups is 2. The quantitative estimate of drug-likeness (QED) is 0.0743. The topological polar surface area (TPSA) is 249 Å². The number of nitriles is 1. The summed E-state index contributed by atoms with van der Waals surface area (Å²) in [5.41, 5.74) is -1.59. The number of likely N-dealkylation sites (N-methyl/N-ethyl adjacent to an activating group) is 1. The van der Waals surface area contributed by atoms with E-state index in [9.17, 15) is 25.4 Å². The number of piperidine rings is 1. The summed E-state index contributed by atoms with van der Waals surface area (Å²) in [6, 6.07) is 13.0. The van der Waals surface area contributed by atoms with Crippen LogP contribution < -0.4 is 15.0 Å². The molecule has 1 saturated carbocycles. The van der Waals surface area contributed by atoms with Crippen molar-refractivity contribution in [3.05, 3.63) is 70.9 Å². The number of aromatic amines is 1. The van der Waals surface area contributed by atoms with E-state index in [0.717, 1.165) is 33.4 Å². The molecular weight excluding hydrogens is 845 g/mol. The number of nitrogens with one attached hydrogen (secondary N) is 2. The maximum absolute atomic E-state index is 15.3. The molecule has 1 aliphatic carbocycles. The maximum Gasteiger partial charge on any atom is 0.394 e. The van der Waals surface area contributed by atoms with Crippen LogP contribution in [0.25, 0.3) is 10.9 Å². The van der Waals surface area contributed by atoms with Gasteiger partial charge in [-0.2, -0.15) is 13.7 Å². The molecule has 2 aromatic carbocycles. The third-order valence-electron chi connectivity index (χ3n) is 15.7. The van der Waals surface area contributed by atoms with Crippen molar-refractivity contribution in [3.8, 4) is 11.8 Å². The molecule has 1 amide bonds. The Labute approximate surface area is 373 Å². The fourth-order valence-electron chi connectivity index (χ4n) is 13.4. The summed E-state index contributed by atoms with van der Waals surface area (Å²) in [4.78, 5) is 40.3. The minimum absolute atomic E-state index is 0.0312. The lowest BCUT2D eigenvalue weighted by Crippen LogP contribution is -2.81. The van der Waals surface area contributed by atoms with Gasteiger partial charge in [-0.15, -0.1) is 0 Å². The standard InChI is InChI=1S/C46H58N6O7.H2O4S/c1-6-42(56)24-28-25-45(41(55)59-5,36-30(14-20-51(26-28)27-42)29-12-8-9-13-33(29)49-36)32-22-31-34(23-35(32)58-4)50(3)38-44(31)16-21-52-19-10-15-43(7-2,37(44)52)39(53)46(38,57)40(54)48-18-11-17-47;1-5(2,3)4/h8-10,12-13,15,22-23,28,37-39,49,53,56-57H,6-7,11,14,16,18-21,24-27H2,1-5H3,(H,48,54);(H2,1,2,3,4)/t28-,37+,38-,39-,42+,43-,44-,45+,46+;/m1./s1. The summed E-state index contributed by atoms with van der Waals surface area (Å²) < 4.78 is 43.9. The zero-order valence-corrected chi connectivity index (χ0v) is 37.8. The molecule has 7 N–H and O–H groups in total. The Morgan fingerprint density at radius 2 is 1.78 bits per heavy atom. The summed E-state index contributed by atoms with van der Waals surface area (Å²) in [5.74, 6) is -0.787. The number of hydrogen-bond acceptors (Lipinski definition) is 13. The molecule has 1 spiro atoms. The Morgan fingerprint density at radius 1 is 1.05 bits per heavy atom. The largest absolute Gasteiger partial charge is 0.496 e. The first-order chi connectivity index (χ1) is 30.3. The molecule has 3 fully saturated rings. The summed E-state index contributed by atoms with van der Waals surface area (Å²) in [7, 11) is 0.235. The minimum Gasteiger partial charge on any atom is -0.496 e. The Kier molecular flexibility index (Phi) is 11.8. The van der Waals surface area contributed by atoms with Crippen LogP contribution in [0, 0.1) is 22.7 Å². The van der Waals surface area contributed by atoms with Crippen LogP contribution in [0.15, 0.2) is 48.6 Å². The number of esters is 1. The van der Waals surface area contributed by atoms with Crippen molar-refractivity contribution in [3.63, 3.8) is 0 Å². The number of fused-ring (bicyclic) bond motifs is 6. The van der Waals surface area contributed by atoms with E-state index in [1.165, 1.54) is 7.11 Å².